The lowest BCUT2D eigenvalue weighted by atomic mass is 10.0. The van der Waals surface area contributed by atoms with Crippen LogP contribution >= 0.6 is 0 Å². The van der Waals surface area contributed by atoms with E-state index >= 15 is 0 Å². The van der Waals surface area contributed by atoms with Crippen LogP contribution in [0.5, 0.6) is 5.75 Å². The molecule has 0 amide bonds. The van der Waals surface area contributed by atoms with Gasteiger partial charge in [-0.15, -0.1) is 0 Å². The van der Waals surface area contributed by atoms with Crippen molar-refractivity contribution in [1.29, 1.82) is 0 Å². The maximum atomic E-state index is 5.87. The summed E-state index contributed by atoms with van der Waals surface area (Å²) in [5, 5.41) is 3.62. The first-order valence-electron chi connectivity index (χ1n) is 9.60. The Kier molecular flexibility index (Phi) is 8.14. The van der Waals surface area contributed by atoms with E-state index in [1.807, 2.05) is 0 Å². The second-order valence-corrected chi connectivity index (χ2v) is 7.56. The van der Waals surface area contributed by atoms with E-state index in [1.54, 1.807) is 0 Å². The molecular formula is C23H34N2O. The van der Waals surface area contributed by atoms with E-state index in [0.717, 1.165) is 38.3 Å². The largest absolute Gasteiger partial charge is 0.492 e. The quantitative estimate of drug-likeness (QED) is 0.686. The molecule has 1 N–H and O–H groups in total. The van der Waals surface area contributed by atoms with Crippen LogP contribution in [-0.2, 0) is 13.0 Å². The third kappa shape index (κ3) is 7.19. The van der Waals surface area contributed by atoms with Crippen LogP contribution in [0, 0.1) is 13.8 Å². The summed E-state index contributed by atoms with van der Waals surface area (Å²) in [6.45, 7) is 9.12. The van der Waals surface area contributed by atoms with Crippen molar-refractivity contribution in [3.63, 3.8) is 0 Å². The van der Waals surface area contributed by atoms with E-state index in [0.29, 0.717) is 6.04 Å². The van der Waals surface area contributed by atoms with Crippen molar-refractivity contribution < 1.29 is 4.74 Å². The third-order valence-electron chi connectivity index (χ3n) is 4.68. The summed E-state index contributed by atoms with van der Waals surface area (Å²) in [7, 11) is 4.13. The highest BCUT2D eigenvalue weighted by Crippen LogP contribution is 2.20. The van der Waals surface area contributed by atoms with E-state index in [9.17, 15) is 0 Å². The first kappa shape index (κ1) is 20.5. The molecule has 3 heteroatoms. The molecule has 0 fully saturated rings. The lowest BCUT2D eigenvalue weighted by Crippen LogP contribution is -2.25. The zero-order valence-corrected chi connectivity index (χ0v) is 17.0. The molecule has 2 aromatic rings. The van der Waals surface area contributed by atoms with Gasteiger partial charge in [-0.1, -0.05) is 42.0 Å². The van der Waals surface area contributed by atoms with Crippen molar-refractivity contribution in [2.75, 3.05) is 27.2 Å². The van der Waals surface area contributed by atoms with Crippen LogP contribution in [0.4, 0.5) is 0 Å². The molecule has 0 heterocycles. The number of benzene rings is 2. The lowest BCUT2D eigenvalue weighted by Gasteiger charge is -2.16. The fourth-order valence-electron chi connectivity index (χ4n) is 2.85. The number of nitrogens with zero attached hydrogens (tertiary/aromatic N) is 1. The van der Waals surface area contributed by atoms with Crippen LogP contribution in [0.3, 0.4) is 0 Å². The van der Waals surface area contributed by atoms with Gasteiger partial charge in [-0.25, -0.2) is 0 Å². The highest BCUT2D eigenvalue weighted by molar-refractivity contribution is 5.36. The van der Waals surface area contributed by atoms with Crippen LogP contribution in [0.25, 0.3) is 0 Å². The minimum Gasteiger partial charge on any atom is -0.492 e. The normalized spacial score (nSPS) is 12.4. The van der Waals surface area contributed by atoms with E-state index in [-0.39, 0.29) is 0 Å². The molecule has 2 rings (SSSR count). The highest BCUT2D eigenvalue weighted by atomic mass is 16.5. The van der Waals surface area contributed by atoms with E-state index < -0.39 is 0 Å². The summed E-state index contributed by atoms with van der Waals surface area (Å²) in [5.41, 5.74) is 5.26. The predicted octanol–water partition coefficient (Wildman–Crippen LogP) is 4.35. The molecule has 3 nitrogen and oxygen atoms in total. The number of aryl methyl sites for hydroxylation is 3. The van der Waals surface area contributed by atoms with Gasteiger partial charge in [-0.05, 0) is 70.5 Å². The molecule has 26 heavy (non-hydrogen) atoms. The van der Waals surface area contributed by atoms with Gasteiger partial charge in [-0.2, -0.15) is 0 Å². The van der Waals surface area contributed by atoms with Crippen LogP contribution in [-0.4, -0.2) is 38.2 Å². The van der Waals surface area contributed by atoms with Crippen LogP contribution < -0.4 is 10.1 Å². The van der Waals surface area contributed by atoms with Crippen molar-refractivity contribution in [3.8, 4) is 5.75 Å². The average molecular weight is 355 g/mol. The number of hydrogen-bond acceptors (Lipinski definition) is 3. The second kappa shape index (κ2) is 10.3. The Bertz CT molecular complexity index is 664. The maximum Gasteiger partial charge on any atom is 0.122 e. The fourth-order valence-corrected chi connectivity index (χ4v) is 2.85. The minimum atomic E-state index is 0.493. The van der Waals surface area contributed by atoms with Gasteiger partial charge in [0.1, 0.15) is 12.4 Å². The first-order chi connectivity index (χ1) is 12.4. The Morgan fingerprint density at radius 2 is 1.69 bits per heavy atom. The summed E-state index contributed by atoms with van der Waals surface area (Å²) in [6.07, 6.45) is 2.22. The van der Waals surface area contributed by atoms with Crippen LogP contribution in [0.2, 0.25) is 0 Å². The predicted molar refractivity (Wildman–Crippen MR) is 111 cm³/mol. The summed E-state index contributed by atoms with van der Waals surface area (Å²) < 4.78 is 5.87. The smallest absolute Gasteiger partial charge is 0.122 e. The van der Waals surface area contributed by atoms with Gasteiger partial charge >= 0.3 is 0 Å². The van der Waals surface area contributed by atoms with Gasteiger partial charge in [0.2, 0.25) is 0 Å². The molecule has 2 aromatic carbocycles. The molecular weight excluding hydrogens is 320 g/mol. The van der Waals surface area contributed by atoms with Crippen molar-refractivity contribution >= 4 is 0 Å². The second-order valence-electron chi connectivity index (χ2n) is 7.56. The molecule has 0 spiro atoms. The zero-order valence-electron chi connectivity index (χ0n) is 17.0. The highest BCUT2D eigenvalue weighted by Gasteiger charge is 2.05. The Labute approximate surface area is 159 Å². The topological polar surface area (TPSA) is 24.5 Å². The molecule has 0 aliphatic carbocycles. The Hall–Kier alpha value is -1.84. The number of nitrogens with one attached hydrogen (secondary N) is 1. The standard InChI is InChI=1S/C23H34N2O/c1-18-6-9-22(10-7-18)17-24-20(3)8-11-21-12-13-23(19(2)16-21)26-15-14-25(4)5/h6-7,9-10,12-13,16,20,24H,8,11,14-15,17H2,1-5H3. The molecule has 0 aromatic heterocycles. The van der Waals surface area contributed by atoms with Crippen molar-refractivity contribution in [2.24, 2.45) is 0 Å². The van der Waals surface area contributed by atoms with Gasteiger partial charge in [0, 0.05) is 19.1 Å². The molecule has 0 saturated carbocycles. The summed E-state index contributed by atoms with van der Waals surface area (Å²) >= 11 is 0. The molecule has 0 saturated heterocycles. The van der Waals surface area contributed by atoms with Gasteiger partial charge < -0.3 is 15.0 Å². The molecule has 0 aliphatic rings. The van der Waals surface area contributed by atoms with E-state index in [2.05, 4.69) is 87.5 Å². The third-order valence-corrected chi connectivity index (χ3v) is 4.68. The molecule has 1 unspecified atom stereocenters. The first-order valence-corrected chi connectivity index (χ1v) is 9.60. The maximum absolute atomic E-state index is 5.87. The molecule has 0 radical (unpaired) electrons. The van der Waals surface area contributed by atoms with Crippen molar-refractivity contribution in [2.45, 2.75) is 46.2 Å². The molecule has 1 atom stereocenters. The number of hydrogen-bond donors (Lipinski definition) is 1. The monoisotopic (exact) mass is 354 g/mol. The van der Waals surface area contributed by atoms with Crippen molar-refractivity contribution in [3.05, 3.63) is 64.7 Å². The van der Waals surface area contributed by atoms with Gasteiger partial charge in [0.25, 0.3) is 0 Å². The Balaban J connectivity index is 1.75. The number of likely N-dealkylation sites (N-methyl/N-ethyl adjacent to an activating group) is 1. The van der Waals surface area contributed by atoms with Gasteiger partial charge in [-0.3, -0.25) is 0 Å². The molecule has 0 bridgehead atoms. The zero-order chi connectivity index (χ0) is 18.9. The van der Waals surface area contributed by atoms with E-state index in [1.165, 1.54) is 22.3 Å². The summed E-state index contributed by atoms with van der Waals surface area (Å²) in [6, 6.07) is 15.8. The SMILES string of the molecule is Cc1ccc(CNC(C)CCc2ccc(OCCN(C)C)c(C)c2)cc1. The Morgan fingerprint density at radius 1 is 1.00 bits per heavy atom. The average Bonchev–Trinajstić information content (AvgIpc) is 2.61. The Morgan fingerprint density at radius 3 is 2.35 bits per heavy atom. The van der Waals surface area contributed by atoms with Crippen molar-refractivity contribution in [1.82, 2.24) is 10.2 Å². The lowest BCUT2D eigenvalue weighted by molar-refractivity contribution is 0.260. The fraction of sp³-hybridized carbons (Fsp3) is 0.478. The van der Waals surface area contributed by atoms with Gasteiger partial charge in [0.15, 0.2) is 0 Å². The van der Waals surface area contributed by atoms with Crippen LogP contribution in [0.15, 0.2) is 42.5 Å². The summed E-state index contributed by atoms with van der Waals surface area (Å²) in [5.74, 6) is 1.00. The van der Waals surface area contributed by atoms with E-state index in [4.69, 9.17) is 4.74 Å². The molecule has 142 valence electrons. The van der Waals surface area contributed by atoms with Gasteiger partial charge in [0.05, 0.1) is 0 Å². The minimum absolute atomic E-state index is 0.493. The summed E-state index contributed by atoms with van der Waals surface area (Å²) in [4.78, 5) is 2.13. The number of ether oxygens (including phenoxy) is 1. The number of rotatable bonds is 10. The molecule has 0 aliphatic heterocycles. The van der Waals surface area contributed by atoms with Crippen LogP contribution in [0.1, 0.15) is 35.6 Å².